The first kappa shape index (κ1) is 15.8. The fourth-order valence-corrected chi connectivity index (χ4v) is 2.71. The van der Waals surface area contributed by atoms with Gasteiger partial charge in [0.1, 0.15) is 18.9 Å². The maximum Gasteiger partial charge on any atom is 0.244 e. The van der Waals surface area contributed by atoms with Crippen molar-refractivity contribution in [3.05, 3.63) is 54.6 Å². The Morgan fingerprint density at radius 3 is 2.38 bits per heavy atom. The molecule has 0 saturated carbocycles. The number of benzene rings is 1. The van der Waals surface area contributed by atoms with E-state index in [9.17, 15) is 0 Å². The number of aryl methyl sites for hydroxylation is 1. The lowest BCUT2D eigenvalue weighted by Gasteiger charge is -2.00. The summed E-state index contributed by atoms with van der Waals surface area (Å²) in [5.74, 6) is 0. The third kappa shape index (κ3) is 6.16. The molecule has 1 aromatic heterocycles. The van der Waals surface area contributed by atoms with Crippen LogP contribution in [0.25, 0.3) is 0 Å². The Balaban J connectivity index is 1.64. The van der Waals surface area contributed by atoms with Gasteiger partial charge in [0.2, 0.25) is 6.33 Å². The number of rotatable bonds is 10. The van der Waals surface area contributed by atoms with Gasteiger partial charge in [-0.1, -0.05) is 69.4 Å². The van der Waals surface area contributed by atoms with Crippen LogP contribution in [0.5, 0.6) is 0 Å². The van der Waals surface area contributed by atoms with Crippen molar-refractivity contribution < 1.29 is 4.57 Å². The molecule has 0 aliphatic carbocycles. The van der Waals surface area contributed by atoms with Crippen LogP contribution in [0, 0.1) is 0 Å². The summed E-state index contributed by atoms with van der Waals surface area (Å²) in [6, 6.07) is 10.6. The number of hydrogen-bond acceptors (Lipinski definition) is 0. The summed E-state index contributed by atoms with van der Waals surface area (Å²) in [5, 5.41) is 0. The molecule has 0 unspecified atom stereocenters. The monoisotopic (exact) mass is 285 g/mol. The average Bonchev–Trinajstić information content (AvgIpc) is 2.95. The molecule has 0 bridgehead atoms. The Bertz CT molecular complexity index is 487. The molecule has 0 N–H and O–H groups in total. The van der Waals surface area contributed by atoms with Gasteiger partial charge in [-0.25, -0.2) is 9.13 Å². The number of nitrogens with zero attached hydrogens (tertiary/aromatic N) is 2. The van der Waals surface area contributed by atoms with Crippen molar-refractivity contribution in [1.29, 1.82) is 0 Å². The molecule has 0 aliphatic rings. The first-order valence-electron chi connectivity index (χ1n) is 8.47. The van der Waals surface area contributed by atoms with Crippen LogP contribution in [0.3, 0.4) is 0 Å². The largest absolute Gasteiger partial charge is 0.244 e. The van der Waals surface area contributed by atoms with Gasteiger partial charge in [-0.15, -0.1) is 0 Å². The van der Waals surface area contributed by atoms with Crippen LogP contribution >= 0.6 is 0 Å². The zero-order valence-electron chi connectivity index (χ0n) is 13.4. The third-order valence-corrected chi connectivity index (χ3v) is 3.97. The zero-order chi connectivity index (χ0) is 14.8. The van der Waals surface area contributed by atoms with E-state index in [0.29, 0.717) is 0 Å². The van der Waals surface area contributed by atoms with Crippen LogP contribution < -0.4 is 4.57 Å². The highest BCUT2D eigenvalue weighted by molar-refractivity contribution is 5.14. The highest BCUT2D eigenvalue weighted by Gasteiger charge is 2.04. The molecule has 2 nitrogen and oxygen atoms in total. The van der Waals surface area contributed by atoms with Crippen molar-refractivity contribution in [3.63, 3.8) is 0 Å². The molecule has 0 spiro atoms. The fraction of sp³-hybridized carbons (Fsp3) is 0.526. The molecule has 21 heavy (non-hydrogen) atoms. The van der Waals surface area contributed by atoms with Crippen molar-refractivity contribution in [2.24, 2.45) is 0 Å². The molecule has 2 rings (SSSR count). The number of imidazole rings is 1. The molecule has 0 amide bonds. The summed E-state index contributed by atoms with van der Waals surface area (Å²) in [7, 11) is 0. The molecule has 2 heteroatoms. The molecule has 0 fully saturated rings. The molecule has 0 aliphatic heterocycles. The van der Waals surface area contributed by atoms with E-state index >= 15 is 0 Å². The van der Waals surface area contributed by atoms with Crippen LogP contribution in [0.1, 0.15) is 57.4 Å². The standard InChI is InChI=1S/C19H29N2/c1-2-3-4-5-6-7-11-14-20-15-16-21(18-20)17-19-12-9-8-10-13-19/h8-10,12-13,15-16,18H,2-7,11,14,17H2,1H3/q+1. The van der Waals surface area contributed by atoms with Gasteiger partial charge >= 0.3 is 0 Å². The van der Waals surface area contributed by atoms with Gasteiger partial charge in [0.25, 0.3) is 0 Å². The van der Waals surface area contributed by atoms with Crippen molar-refractivity contribution in [2.75, 3.05) is 0 Å². The molecule has 114 valence electrons. The number of unbranched alkanes of at least 4 members (excludes halogenated alkanes) is 6. The predicted octanol–water partition coefficient (Wildman–Crippen LogP) is 4.57. The molecule has 1 heterocycles. The summed E-state index contributed by atoms with van der Waals surface area (Å²) >= 11 is 0. The van der Waals surface area contributed by atoms with Crippen LogP contribution in [-0.2, 0) is 13.1 Å². The van der Waals surface area contributed by atoms with Crippen LogP contribution in [0.15, 0.2) is 49.1 Å². The van der Waals surface area contributed by atoms with E-state index in [1.165, 1.54) is 50.5 Å². The Kier molecular flexibility index (Phi) is 7.06. The summed E-state index contributed by atoms with van der Waals surface area (Å²) in [6.45, 7) is 4.39. The fourth-order valence-electron chi connectivity index (χ4n) is 2.71. The molecule has 1 aromatic carbocycles. The topological polar surface area (TPSA) is 8.81 Å². The van der Waals surface area contributed by atoms with Crippen LogP contribution in [0.4, 0.5) is 0 Å². The Morgan fingerprint density at radius 1 is 0.905 bits per heavy atom. The maximum absolute atomic E-state index is 2.31. The number of hydrogen-bond donors (Lipinski definition) is 0. The minimum Gasteiger partial charge on any atom is -0.237 e. The SMILES string of the molecule is CCCCCCCCC[n+]1ccn(Cc2ccccc2)c1. The van der Waals surface area contributed by atoms with Crippen molar-refractivity contribution in [1.82, 2.24) is 4.57 Å². The normalized spacial score (nSPS) is 10.9. The summed E-state index contributed by atoms with van der Waals surface area (Å²) in [5.41, 5.74) is 1.36. The van der Waals surface area contributed by atoms with E-state index in [1.54, 1.807) is 0 Å². The summed E-state index contributed by atoms with van der Waals surface area (Å²) < 4.78 is 4.57. The second kappa shape index (κ2) is 9.38. The van der Waals surface area contributed by atoms with Gasteiger partial charge in [0.05, 0.1) is 6.54 Å². The van der Waals surface area contributed by atoms with E-state index in [-0.39, 0.29) is 0 Å². The van der Waals surface area contributed by atoms with E-state index in [1.807, 2.05) is 0 Å². The minimum atomic E-state index is 0.963. The highest BCUT2D eigenvalue weighted by atomic mass is 15.1. The van der Waals surface area contributed by atoms with E-state index in [4.69, 9.17) is 0 Å². The highest BCUT2D eigenvalue weighted by Crippen LogP contribution is 2.07. The Morgan fingerprint density at radius 2 is 1.62 bits per heavy atom. The van der Waals surface area contributed by atoms with Crippen molar-refractivity contribution in [3.8, 4) is 0 Å². The van der Waals surface area contributed by atoms with Crippen LogP contribution in [0.2, 0.25) is 0 Å². The van der Waals surface area contributed by atoms with Crippen LogP contribution in [-0.4, -0.2) is 4.57 Å². The lowest BCUT2D eigenvalue weighted by atomic mass is 10.1. The second-order valence-electron chi connectivity index (χ2n) is 5.93. The lowest BCUT2D eigenvalue weighted by Crippen LogP contribution is -2.30. The third-order valence-electron chi connectivity index (χ3n) is 3.97. The maximum atomic E-state index is 2.31. The number of aromatic nitrogens is 2. The van der Waals surface area contributed by atoms with Gasteiger partial charge < -0.3 is 0 Å². The zero-order valence-corrected chi connectivity index (χ0v) is 13.4. The summed E-state index contributed by atoms with van der Waals surface area (Å²) in [4.78, 5) is 0. The molecule has 0 saturated heterocycles. The van der Waals surface area contributed by atoms with Gasteiger partial charge in [-0.2, -0.15) is 0 Å². The van der Waals surface area contributed by atoms with E-state index < -0.39 is 0 Å². The molecule has 0 atom stereocenters. The Hall–Kier alpha value is -1.57. The predicted molar refractivity (Wildman–Crippen MR) is 88.2 cm³/mol. The quantitative estimate of drug-likeness (QED) is 0.446. The van der Waals surface area contributed by atoms with Crippen molar-refractivity contribution in [2.45, 2.75) is 65.0 Å². The minimum absolute atomic E-state index is 0.963. The Labute approximate surface area is 129 Å². The average molecular weight is 285 g/mol. The van der Waals surface area contributed by atoms with Gasteiger partial charge in [-0.05, 0) is 18.4 Å². The van der Waals surface area contributed by atoms with Gasteiger partial charge in [0, 0.05) is 0 Å². The smallest absolute Gasteiger partial charge is 0.237 e. The van der Waals surface area contributed by atoms with Gasteiger partial charge in [0.15, 0.2) is 0 Å². The van der Waals surface area contributed by atoms with Gasteiger partial charge in [-0.3, -0.25) is 0 Å². The molecular weight excluding hydrogens is 256 g/mol. The first-order valence-corrected chi connectivity index (χ1v) is 8.47. The molecular formula is C19H29N2+. The lowest BCUT2D eigenvalue weighted by molar-refractivity contribution is -0.696. The first-order chi connectivity index (χ1) is 10.4. The second-order valence-corrected chi connectivity index (χ2v) is 5.93. The summed E-state index contributed by atoms with van der Waals surface area (Å²) in [6.07, 6.45) is 16.2. The molecule has 2 aromatic rings. The van der Waals surface area contributed by atoms with Crippen molar-refractivity contribution >= 4 is 0 Å². The molecule has 0 radical (unpaired) electrons. The van der Waals surface area contributed by atoms with E-state index in [0.717, 1.165) is 13.1 Å². The van der Waals surface area contributed by atoms with E-state index in [2.05, 4.69) is 65.1 Å².